The average molecular weight is 651 g/mol. The normalized spacial score (nSPS) is 14.1. The van der Waals surface area contributed by atoms with Crippen LogP contribution in [0.25, 0.3) is 11.3 Å². The van der Waals surface area contributed by atoms with Gasteiger partial charge in [-0.25, -0.2) is 0 Å². The summed E-state index contributed by atoms with van der Waals surface area (Å²) in [5, 5.41) is 15.4. The van der Waals surface area contributed by atoms with E-state index in [0.29, 0.717) is 40.1 Å². The molecule has 14 heteroatoms. The van der Waals surface area contributed by atoms with E-state index in [9.17, 15) is 9.59 Å². The maximum absolute atomic E-state index is 10.6. The first-order chi connectivity index (χ1) is 21.9. The van der Waals surface area contributed by atoms with Gasteiger partial charge in [0.05, 0.1) is 45.3 Å². The monoisotopic (exact) mass is 650 g/mol. The lowest BCUT2D eigenvalue weighted by Gasteiger charge is -2.32. The van der Waals surface area contributed by atoms with Gasteiger partial charge in [0.25, 0.3) is 11.8 Å². The molecule has 0 radical (unpaired) electrons. The van der Waals surface area contributed by atoms with Crippen LogP contribution in [-0.2, 0) is 9.31 Å². The van der Waals surface area contributed by atoms with Crippen molar-refractivity contribution in [1.29, 1.82) is 0 Å². The Kier molecular flexibility index (Phi) is 12.6. The van der Waals surface area contributed by atoms with Crippen molar-refractivity contribution in [2.75, 3.05) is 28.4 Å². The van der Waals surface area contributed by atoms with Crippen molar-refractivity contribution in [2.45, 2.75) is 38.9 Å². The Morgan fingerprint density at radius 3 is 1.57 bits per heavy atom. The summed E-state index contributed by atoms with van der Waals surface area (Å²) in [6, 6.07) is 17.6. The van der Waals surface area contributed by atoms with Crippen LogP contribution in [0, 0.1) is 0 Å². The topological polar surface area (TPSA) is 141 Å². The Morgan fingerprint density at radius 1 is 0.652 bits per heavy atom. The van der Waals surface area contributed by atoms with Crippen LogP contribution in [-0.4, -0.2) is 79.7 Å². The quantitative estimate of drug-likeness (QED) is 0.189. The fourth-order valence-electron chi connectivity index (χ4n) is 3.86. The highest BCUT2D eigenvalue weighted by Gasteiger charge is 2.51. The van der Waals surface area contributed by atoms with Gasteiger partial charge in [-0.05, 0) is 33.2 Å². The van der Waals surface area contributed by atoms with Crippen molar-refractivity contribution in [2.24, 2.45) is 0 Å². The number of halogens is 1. The summed E-state index contributed by atoms with van der Waals surface area (Å²) in [6.45, 7) is 8.08. The summed E-state index contributed by atoms with van der Waals surface area (Å²) in [5.41, 5.74) is 3.06. The SMILES string of the molecule is CC1(C)OB(c2ccc(C=O)cc2)OC1(C)C.COc1cc(-c2ccc(C=O)cc2)nnc1OC.COc1cc(Cl)nnc1OC. The van der Waals surface area contributed by atoms with Gasteiger partial charge in [0, 0.05) is 28.8 Å². The van der Waals surface area contributed by atoms with E-state index in [1.165, 1.54) is 27.4 Å². The number of hydrogen-bond donors (Lipinski definition) is 0. The number of aldehydes is 2. The molecule has 12 nitrogen and oxygen atoms in total. The molecule has 2 aromatic heterocycles. The van der Waals surface area contributed by atoms with Crippen LogP contribution >= 0.6 is 11.6 Å². The van der Waals surface area contributed by atoms with E-state index in [2.05, 4.69) is 20.4 Å². The highest BCUT2D eigenvalue weighted by atomic mass is 35.5. The van der Waals surface area contributed by atoms with Crippen LogP contribution in [0.3, 0.4) is 0 Å². The molecule has 0 N–H and O–H groups in total. The molecular formula is C32H36BClN4O8. The van der Waals surface area contributed by atoms with Crippen LogP contribution in [0.2, 0.25) is 5.15 Å². The van der Waals surface area contributed by atoms with Crippen molar-refractivity contribution >= 4 is 36.8 Å². The maximum Gasteiger partial charge on any atom is 0.494 e. The van der Waals surface area contributed by atoms with E-state index in [1.54, 1.807) is 49.6 Å². The summed E-state index contributed by atoms with van der Waals surface area (Å²) < 4.78 is 31.7. The largest absolute Gasteiger partial charge is 0.494 e. The van der Waals surface area contributed by atoms with Gasteiger partial charge in [0.2, 0.25) is 0 Å². The van der Waals surface area contributed by atoms with Gasteiger partial charge < -0.3 is 28.3 Å². The Morgan fingerprint density at radius 2 is 1.11 bits per heavy atom. The number of hydrogen-bond acceptors (Lipinski definition) is 12. The lowest BCUT2D eigenvalue weighted by atomic mass is 9.79. The molecule has 0 atom stereocenters. The second kappa shape index (κ2) is 16.1. The van der Waals surface area contributed by atoms with E-state index in [4.69, 9.17) is 39.9 Å². The molecule has 1 aliphatic rings. The number of methoxy groups -OCH3 is 4. The van der Waals surface area contributed by atoms with Crippen molar-refractivity contribution in [1.82, 2.24) is 20.4 Å². The molecule has 0 spiro atoms. The minimum Gasteiger partial charge on any atom is -0.491 e. The van der Waals surface area contributed by atoms with Crippen molar-refractivity contribution in [3.63, 3.8) is 0 Å². The molecule has 46 heavy (non-hydrogen) atoms. The van der Waals surface area contributed by atoms with Gasteiger partial charge in [0.1, 0.15) is 12.6 Å². The molecule has 0 saturated carbocycles. The van der Waals surface area contributed by atoms with Gasteiger partial charge in [-0.1, -0.05) is 60.1 Å². The number of carbonyl (C=O) groups excluding carboxylic acids is 2. The van der Waals surface area contributed by atoms with Gasteiger partial charge in [-0.2, -0.15) is 0 Å². The lowest BCUT2D eigenvalue weighted by Crippen LogP contribution is -2.41. The Labute approximate surface area is 273 Å². The standard InChI is InChI=1S/C13H17BO3.C13H12N2O3.C6H7ClN2O2/c1-12(2)13(3,4)17-14(16-12)11-7-5-10(9-15)6-8-11;1-17-12-7-11(14-15-13(12)18-2)10-5-3-9(8-16)4-6-10;1-10-4-3-5(7)8-9-6(4)11-2/h5-9H,1-4H3;3-8H,1-2H3;3H,1-2H3. The molecular weight excluding hydrogens is 615 g/mol. The van der Waals surface area contributed by atoms with Crippen LogP contribution in [0.15, 0.2) is 60.7 Å². The average Bonchev–Trinajstić information content (AvgIpc) is 3.30. The number of rotatable bonds is 8. The van der Waals surface area contributed by atoms with Crippen molar-refractivity contribution in [3.8, 4) is 34.5 Å². The summed E-state index contributed by atoms with van der Waals surface area (Å²) >= 11 is 5.54. The van der Waals surface area contributed by atoms with E-state index in [-0.39, 0.29) is 23.5 Å². The minimum absolute atomic E-state index is 0.280. The number of benzene rings is 2. The molecule has 1 fully saturated rings. The third-order valence-electron chi connectivity index (χ3n) is 7.19. The van der Waals surface area contributed by atoms with Crippen molar-refractivity contribution in [3.05, 3.63) is 76.9 Å². The molecule has 4 aromatic rings. The fraction of sp³-hybridized carbons (Fsp3) is 0.312. The zero-order chi connectivity index (χ0) is 33.9. The Hall–Kier alpha value is -4.59. The van der Waals surface area contributed by atoms with Gasteiger partial charge in [-0.3, -0.25) is 9.59 Å². The van der Waals surface area contributed by atoms with Gasteiger partial charge in [-0.15, -0.1) is 20.4 Å². The first-order valence-electron chi connectivity index (χ1n) is 13.9. The van der Waals surface area contributed by atoms with Crippen LogP contribution < -0.4 is 24.4 Å². The predicted molar refractivity (Wildman–Crippen MR) is 174 cm³/mol. The highest BCUT2D eigenvalue weighted by Crippen LogP contribution is 2.36. The van der Waals surface area contributed by atoms with E-state index in [1.807, 2.05) is 39.8 Å². The maximum atomic E-state index is 10.6. The molecule has 242 valence electrons. The molecule has 0 unspecified atom stereocenters. The Bertz CT molecular complexity index is 1590. The van der Waals surface area contributed by atoms with Crippen LogP contribution in [0.4, 0.5) is 0 Å². The van der Waals surface area contributed by atoms with E-state index < -0.39 is 0 Å². The van der Waals surface area contributed by atoms with E-state index in [0.717, 1.165) is 23.6 Å². The van der Waals surface area contributed by atoms with Crippen molar-refractivity contribution < 1.29 is 37.8 Å². The highest BCUT2D eigenvalue weighted by molar-refractivity contribution is 6.62. The first kappa shape index (κ1) is 35.9. The molecule has 1 aliphatic heterocycles. The van der Waals surface area contributed by atoms with Crippen LogP contribution in [0.5, 0.6) is 23.3 Å². The molecule has 0 aliphatic carbocycles. The van der Waals surface area contributed by atoms with Crippen LogP contribution in [0.1, 0.15) is 48.4 Å². The third kappa shape index (κ3) is 8.99. The second-order valence-electron chi connectivity index (χ2n) is 10.7. The zero-order valence-electron chi connectivity index (χ0n) is 26.9. The third-order valence-corrected chi connectivity index (χ3v) is 7.38. The molecule has 0 bridgehead atoms. The summed E-state index contributed by atoms with van der Waals surface area (Å²) in [7, 11) is 5.68. The van der Waals surface area contributed by atoms with E-state index >= 15 is 0 Å². The number of carbonyl (C=O) groups is 2. The number of nitrogens with zero attached hydrogens (tertiary/aromatic N) is 4. The molecule has 0 amide bonds. The number of ether oxygens (including phenoxy) is 4. The summed E-state index contributed by atoms with van der Waals surface area (Å²) in [4.78, 5) is 21.2. The summed E-state index contributed by atoms with van der Waals surface area (Å²) in [6.07, 6.45) is 1.62. The zero-order valence-corrected chi connectivity index (χ0v) is 27.7. The minimum atomic E-state index is -0.360. The smallest absolute Gasteiger partial charge is 0.491 e. The first-order valence-corrected chi connectivity index (χ1v) is 14.3. The molecule has 2 aromatic carbocycles. The predicted octanol–water partition coefficient (Wildman–Crippen LogP) is 4.92. The molecule has 3 heterocycles. The molecule has 5 rings (SSSR count). The second-order valence-corrected chi connectivity index (χ2v) is 11.1. The number of aromatic nitrogens is 4. The summed E-state index contributed by atoms with van der Waals surface area (Å²) in [5.74, 6) is 1.66. The van der Waals surface area contributed by atoms with Gasteiger partial charge in [0.15, 0.2) is 16.7 Å². The molecule has 1 saturated heterocycles. The lowest BCUT2D eigenvalue weighted by molar-refractivity contribution is 0.00578. The fourth-order valence-corrected chi connectivity index (χ4v) is 4.00. The Balaban J connectivity index is 0.000000194. The van der Waals surface area contributed by atoms with Gasteiger partial charge >= 0.3 is 7.12 Å².